The molecule has 1 rings (SSSR count). The van der Waals surface area contributed by atoms with Gasteiger partial charge in [-0.3, -0.25) is 4.79 Å². The number of Topliss-reactive ketones (excluding diaryl/α,β-unsaturated/α-hetero) is 1. The van der Waals surface area contributed by atoms with Gasteiger partial charge in [0.15, 0.2) is 5.78 Å². The Bertz CT molecular complexity index is 491. The van der Waals surface area contributed by atoms with Crippen molar-refractivity contribution in [2.45, 2.75) is 20.3 Å². The number of hydrogen-bond donors (Lipinski definition) is 1. The quantitative estimate of drug-likeness (QED) is 0.486. The second kappa shape index (κ2) is 6.73. The van der Waals surface area contributed by atoms with Gasteiger partial charge in [0.25, 0.3) is 0 Å². The Morgan fingerprint density at radius 1 is 1.32 bits per heavy atom. The average Bonchev–Trinajstić information content (AvgIpc) is 2.40. The molecule has 102 valence electrons. The van der Waals surface area contributed by atoms with Crippen LogP contribution in [0.1, 0.15) is 30.6 Å². The minimum absolute atomic E-state index is 0.0948. The average molecular weight is 262 g/mol. The van der Waals surface area contributed by atoms with E-state index < -0.39 is 11.9 Å². The van der Waals surface area contributed by atoms with Crippen molar-refractivity contribution in [3.63, 3.8) is 0 Å². The number of phenolic OH excluding ortho intramolecular Hbond substituents is 1. The molecule has 0 fully saturated rings. The van der Waals surface area contributed by atoms with Gasteiger partial charge in [-0.15, -0.1) is 0 Å². The topological polar surface area (TPSA) is 63.6 Å². The van der Waals surface area contributed by atoms with Crippen molar-refractivity contribution in [3.8, 4) is 5.75 Å². The molecule has 0 heterocycles. The fraction of sp³-hybridized carbons (Fsp3) is 0.333. The summed E-state index contributed by atoms with van der Waals surface area (Å²) in [5.41, 5.74) is 0.317. The van der Waals surface area contributed by atoms with Crippen LogP contribution >= 0.6 is 0 Å². The van der Waals surface area contributed by atoms with Crippen LogP contribution in [-0.2, 0) is 9.53 Å². The Morgan fingerprint density at radius 2 is 1.95 bits per heavy atom. The number of rotatable bonds is 6. The first kappa shape index (κ1) is 15.0. The van der Waals surface area contributed by atoms with Crippen molar-refractivity contribution in [1.82, 2.24) is 0 Å². The molecule has 1 aromatic carbocycles. The number of esters is 1. The summed E-state index contributed by atoms with van der Waals surface area (Å²) in [6, 6.07) is 6.26. The SMILES string of the molecule is C=C(C(=O)OCC)C(CC)C(=O)c1ccccc1O. The van der Waals surface area contributed by atoms with Gasteiger partial charge in [-0.05, 0) is 25.5 Å². The zero-order valence-corrected chi connectivity index (χ0v) is 11.2. The molecule has 0 spiro atoms. The molecule has 0 saturated heterocycles. The number of benzene rings is 1. The highest BCUT2D eigenvalue weighted by Crippen LogP contribution is 2.25. The molecule has 0 amide bonds. The molecule has 19 heavy (non-hydrogen) atoms. The van der Waals surface area contributed by atoms with E-state index >= 15 is 0 Å². The number of hydrogen-bond acceptors (Lipinski definition) is 4. The second-order valence-electron chi connectivity index (χ2n) is 4.09. The van der Waals surface area contributed by atoms with Crippen molar-refractivity contribution in [3.05, 3.63) is 42.0 Å². The van der Waals surface area contributed by atoms with Gasteiger partial charge in [0.2, 0.25) is 0 Å². The molecule has 0 aromatic heterocycles. The van der Waals surface area contributed by atoms with Crippen molar-refractivity contribution < 1.29 is 19.4 Å². The highest BCUT2D eigenvalue weighted by Gasteiger charge is 2.27. The first-order valence-electron chi connectivity index (χ1n) is 6.21. The molecule has 1 N–H and O–H groups in total. The van der Waals surface area contributed by atoms with Crippen LogP contribution in [0.4, 0.5) is 0 Å². The van der Waals surface area contributed by atoms with Crippen molar-refractivity contribution in [2.75, 3.05) is 6.61 Å². The minimum Gasteiger partial charge on any atom is -0.507 e. The molecule has 0 saturated carbocycles. The van der Waals surface area contributed by atoms with E-state index in [1.54, 1.807) is 26.0 Å². The Labute approximate surface area is 112 Å². The second-order valence-corrected chi connectivity index (χ2v) is 4.09. The molecule has 0 aliphatic carbocycles. The largest absolute Gasteiger partial charge is 0.507 e. The molecule has 1 aromatic rings. The third-order valence-corrected chi connectivity index (χ3v) is 2.85. The van der Waals surface area contributed by atoms with Gasteiger partial charge < -0.3 is 9.84 Å². The van der Waals surface area contributed by atoms with E-state index in [1.807, 2.05) is 0 Å². The maximum atomic E-state index is 12.3. The third kappa shape index (κ3) is 3.44. The van der Waals surface area contributed by atoms with Crippen LogP contribution in [0.25, 0.3) is 0 Å². The van der Waals surface area contributed by atoms with Crippen LogP contribution < -0.4 is 0 Å². The zero-order valence-electron chi connectivity index (χ0n) is 11.2. The minimum atomic E-state index is -0.674. The van der Waals surface area contributed by atoms with Gasteiger partial charge in [-0.25, -0.2) is 4.79 Å². The highest BCUT2D eigenvalue weighted by molar-refractivity contribution is 6.06. The molecular weight excluding hydrogens is 244 g/mol. The maximum Gasteiger partial charge on any atom is 0.334 e. The Morgan fingerprint density at radius 3 is 2.47 bits per heavy atom. The molecule has 0 radical (unpaired) electrons. The van der Waals surface area contributed by atoms with Crippen LogP contribution in [0.2, 0.25) is 0 Å². The van der Waals surface area contributed by atoms with E-state index in [2.05, 4.69) is 6.58 Å². The monoisotopic (exact) mass is 262 g/mol. The van der Waals surface area contributed by atoms with E-state index in [-0.39, 0.29) is 29.3 Å². The lowest BCUT2D eigenvalue weighted by Gasteiger charge is -2.16. The summed E-state index contributed by atoms with van der Waals surface area (Å²) in [6.45, 7) is 7.35. The van der Waals surface area contributed by atoms with Crippen LogP contribution in [-0.4, -0.2) is 23.5 Å². The summed E-state index contributed by atoms with van der Waals surface area (Å²) in [4.78, 5) is 23.9. The van der Waals surface area contributed by atoms with Gasteiger partial charge in [-0.1, -0.05) is 25.6 Å². The fourth-order valence-corrected chi connectivity index (χ4v) is 1.83. The predicted molar refractivity (Wildman–Crippen MR) is 72.0 cm³/mol. The Balaban J connectivity index is 2.98. The molecule has 0 aliphatic heterocycles. The van der Waals surface area contributed by atoms with Crippen molar-refractivity contribution >= 4 is 11.8 Å². The lowest BCUT2D eigenvalue weighted by molar-refractivity contribution is -0.139. The van der Waals surface area contributed by atoms with E-state index in [4.69, 9.17) is 4.74 Å². The summed E-state index contributed by atoms with van der Waals surface area (Å²) in [6.07, 6.45) is 0.421. The molecule has 1 atom stereocenters. The van der Waals surface area contributed by atoms with Crippen LogP contribution in [0, 0.1) is 5.92 Å². The number of aromatic hydroxyl groups is 1. The summed E-state index contributed by atoms with van der Waals surface area (Å²) < 4.78 is 4.85. The molecule has 0 bridgehead atoms. The van der Waals surface area contributed by atoms with Gasteiger partial charge in [0.1, 0.15) is 5.75 Å². The lowest BCUT2D eigenvalue weighted by Crippen LogP contribution is -2.22. The summed E-state index contributed by atoms with van der Waals surface area (Å²) in [5.74, 6) is -1.66. The van der Waals surface area contributed by atoms with Crippen LogP contribution in [0.15, 0.2) is 36.4 Å². The fourth-order valence-electron chi connectivity index (χ4n) is 1.83. The zero-order chi connectivity index (χ0) is 14.4. The molecule has 4 nitrogen and oxygen atoms in total. The Hall–Kier alpha value is -2.10. The number of carbonyl (C=O) groups is 2. The van der Waals surface area contributed by atoms with Crippen molar-refractivity contribution in [2.24, 2.45) is 5.92 Å². The molecule has 0 aliphatic rings. The molecule has 1 unspecified atom stereocenters. The Kier molecular flexibility index (Phi) is 5.30. The standard InChI is InChI=1S/C15H18O4/c1-4-11(10(3)15(18)19-5-2)14(17)12-8-6-7-9-13(12)16/h6-9,11,16H,3-5H2,1-2H3. The molecule has 4 heteroatoms. The highest BCUT2D eigenvalue weighted by atomic mass is 16.5. The van der Waals surface area contributed by atoms with Gasteiger partial charge in [-0.2, -0.15) is 0 Å². The first-order chi connectivity index (χ1) is 9.02. The maximum absolute atomic E-state index is 12.3. The summed E-state index contributed by atoms with van der Waals surface area (Å²) in [5, 5.41) is 9.68. The normalized spacial score (nSPS) is 11.7. The van der Waals surface area contributed by atoms with Gasteiger partial charge in [0, 0.05) is 5.57 Å². The number of ketones is 1. The van der Waals surface area contributed by atoms with Gasteiger partial charge >= 0.3 is 5.97 Å². The number of para-hydroxylation sites is 1. The molecular formula is C15H18O4. The lowest BCUT2D eigenvalue weighted by atomic mass is 9.88. The number of phenols is 1. The van der Waals surface area contributed by atoms with E-state index in [0.717, 1.165) is 0 Å². The van der Waals surface area contributed by atoms with Gasteiger partial charge in [0.05, 0.1) is 18.1 Å². The summed E-state index contributed by atoms with van der Waals surface area (Å²) in [7, 11) is 0. The van der Waals surface area contributed by atoms with E-state index in [9.17, 15) is 14.7 Å². The van der Waals surface area contributed by atoms with E-state index in [1.165, 1.54) is 12.1 Å². The van der Waals surface area contributed by atoms with Crippen LogP contribution in [0.5, 0.6) is 5.75 Å². The number of ether oxygens (including phenoxy) is 1. The first-order valence-corrected chi connectivity index (χ1v) is 6.21. The number of carbonyl (C=O) groups excluding carboxylic acids is 2. The smallest absolute Gasteiger partial charge is 0.334 e. The third-order valence-electron chi connectivity index (χ3n) is 2.85. The van der Waals surface area contributed by atoms with Crippen LogP contribution in [0.3, 0.4) is 0 Å². The predicted octanol–water partition coefficient (Wildman–Crippen LogP) is 2.72. The van der Waals surface area contributed by atoms with E-state index in [0.29, 0.717) is 6.42 Å². The van der Waals surface area contributed by atoms with Crippen molar-refractivity contribution in [1.29, 1.82) is 0 Å². The summed E-state index contributed by atoms with van der Waals surface area (Å²) >= 11 is 0.